The first-order chi connectivity index (χ1) is 7.63. The molecule has 0 bridgehead atoms. The number of ether oxygens (including phenoxy) is 1. The number of hydrogen-bond acceptors (Lipinski definition) is 4. The van der Waals surface area contributed by atoms with Gasteiger partial charge in [-0.15, -0.1) is 0 Å². The van der Waals surface area contributed by atoms with E-state index in [1.807, 2.05) is 13.0 Å². The minimum Gasteiger partial charge on any atom is -0.506 e. The van der Waals surface area contributed by atoms with E-state index in [1.54, 1.807) is 12.1 Å². The molecule has 0 amide bonds. The van der Waals surface area contributed by atoms with Gasteiger partial charge in [0.1, 0.15) is 11.8 Å². The number of nitrogens with zero attached hydrogens (tertiary/aromatic N) is 1. The number of benzene rings is 1. The predicted octanol–water partition coefficient (Wildman–Crippen LogP) is 1.54. The quantitative estimate of drug-likeness (QED) is 0.783. The van der Waals surface area contributed by atoms with Gasteiger partial charge in [-0.3, -0.25) is 4.79 Å². The van der Waals surface area contributed by atoms with Crippen LogP contribution in [0.25, 0.3) is 0 Å². The molecular weight excluding hydrogens is 206 g/mol. The Morgan fingerprint density at radius 2 is 2.12 bits per heavy atom. The van der Waals surface area contributed by atoms with Crippen LogP contribution in [-0.4, -0.2) is 18.2 Å². The Morgan fingerprint density at radius 3 is 2.62 bits per heavy atom. The molecule has 0 saturated heterocycles. The number of carbonyl (C=O) groups excluding carboxylic acids is 1. The number of hydrogen-bond donors (Lipinski definition) is 1. The van der Waals surface area contributed by atoms with Crippen molar-refractivity contribution in [1.29, 1.82) is 5.26 Å². The summed E-state index contributed by atoms with van der Waals surface area (Å²) in [6.45, 7) is 1.90. The number of aryl methyl sites for hydroxylation is 1. The molecule has 16 heavy (non-hydrogen) atoms. The van der Waals surface area contributed by atoms with Gasteiger partial charge in [0.15, 0.2) is 0 Å². The molecule has 0 aliphatic rings. The molecule has 0 fully saturated rings. The number of nitriles is 1. The second kappa shape index (κ2) is 5.17. The lowest BCUT2D eigenvalue weighted by molar-refractivity contribution is -0.139. The molecule has 0 aliphatic carbocycles. The molecule has 0 heterocycles. The summed E-state index contributed by atoms with van der Waals surface area (Å²) in [5.74, 6) is -0.560. The van der Waals surface area contributed by atoms with Crippen molar-refractivity contribution in [3.8, 4) is 11.8 Å². The number of phenols is 1. The van der Waals surface area contributed by atoms with Crippen molar-refractivity contribution in [2.75, 3.05) is 7.11 Å². The van der Waals surface area contributed by atoms with Crippen LogP contribution in [0.3, 0.4) is 0 Å². The van der Waals surface area contributed by atoms with Gasteiger partial charge in [0.25, 0.3) is 0 Å². The summed E-state index contributed by atoms with van der Waals surface area (Å²) in [6, 6.07) is 5.34. The fourth-order valence-corrected chi connectivity index (χ4v) is 1.47. The molecule has 0 aromatic heterocycles. The van der Waals surface area contributed by atoms with Crippen LogP contribution >= 0.6 is 0 Å². The zero-order valence-electron chi connectivity index (χ0n) is 9.28. The number of rotatable bonds is 3. The van der Waals surface area contributed by atoms with E-state index in [0.717, 1.165) is 5.56 Å². The Labute approximate surface area is 94.1 Å². The van der Waals surface area contributed by atoms with Crippen molar-refractivity contribution in [3.05, 3.63) is 28.8 Å². The molecule has 0 atom stereocenters. The van der Waals surface area contributed by atoms with Crippen LogP contribution in [-0.2, 0) is 22.4 Å². The largest absolute Gasteiger partial charge is 0.506 e. The average Bonchev–Trinajstić information content (AvgIpc) is 2.31. The summed E-state index contributed by atoms with van der Waals surface area (Å²) in [7, 11) is 1.28. The highest BCUT2D eigenvalue weighted by Crippen LogP contribution is 2.26. The highest BCUT2D eigenvalue weighted by atomic mass is 16.5. The first-order valence-corrected chi connectivity index (χ1v) is 4.94. The highest BCUT2D eigenvalue weighted by Gasteiger charge is 2.14. The first-order valence-electron chi connectivity index (χ1n) is 4.94. The number of methoxy groups -OCH3 is 1. The SMILES string of the molecule is CCc1ccc(CC(=O)OC)c(O)c1C#N. The maximum Gasteiger partial charge on any atom is 0.310 e. The van der Waals surface area contributed by atoms with Gasteiger partial charge in [-0.05, 0) is 12.0 Å². The maximum atomic E-state index is 11.1. The lowest BCUT2D eigenvalue weighted by Crippen LogP contribution is -2.05. The minimum absolute atomic E-state index is 0.0268. The zero-order chi connectivity index (χ0) is 12.1. The second-order valence-electron chi connectivity index (χ2n) is 3.33. The molecule has 84 valence electrons. The van der Waals surface area contributed by atoms with Crippen LogP contribution in [0.5, 0.6) is 5.75 Å². The fourth-order valence-electron chi connectivity index (χ4n) is 1.47. The minimum atomic E-state index is -0.441. The van der Waals surface area contributed by atoms with Crippen molar-refractivity contribution in [2.24, 2.45) is 0 Å². The Hall–Kier alpha value is -2.02. The molecule has 1 aromatic rings. The molecule has 1 N–H and O–H groups in total. The van der Waals surface area contributed by atoms with Gasteiger partial charge in [0, 0.05) is 5.56 Å². The monoisotopic (exact) mass is 219 g/mol. The van der Waals surface area contributed by atoms with E-state index in [2.05, 4.69) is 4.74 Å². The van der Waals surface area contributed by atoms with Gasteiger partial charge in [-0.1, -0.05) is 19.1 Å². The van der Waals surface area contributed by atoms with Crippen LogP contribution in [0.2, 0.25) is 0 Å². The van der Waals surface area contributed by atoms with E-state index < -0.39 is 5.97 Å². The van der Waals surface area contributed by atoms with E-state index >= 15 is 0 Å². The molecule has 0 unspecified atom stereocenters. The number of phenolic OH excluding ortho intramolecular Hbond substituents is 1. The molecule has 1 aromatic carbocycles. The van der Waals surface area contributed by atoms with E-state index in [9.17, 15) is 9.90 Å². The van der Waals surface area contributed by atoms with E-state index in [-0.39, 0.29) is 17.7 Å². The van der Waals surface area contributed by atoms with Gasteiger partial charge >= 0.3 is 5.97 Å². The zero-order valence-corrected chi connectivity index (χ0v) is 9.28. The normalized spacial score (nSPS) is 9.56. The van der Waals surface area contributed by atoms with E-state index in [1.165, 1.54) is 7.11 Å². The summed E-state index contributed by atoms with van der Waals surface area (Å²) in [4.78, 5) is 11.1. The van der Waals surface area contributed by atoms with Crippen molar-refractivity contribution in [3.63, 3.8) is 0 Å². The third-order valence-corrected chi connectivity index (χ3v) is 2.40. The first kappa shape index (κ1) is 12.1. The Kier molecular flexibility index (Phi) is 3.90. The number of carbonyl (C=O) groups is 1. The van der Waals surface area contributed by atoms with E-state index in [0.29, 0.717) is 12.0 Å². The Balaban J connectivity index is 3.15. The summed E-state index contributed by atoms with van der Waals surface area (Å²) < 4.78 is 4.51. The molecule has 0 spiro atoms. The Bertz CT molecular complexity index is 446. The van der Waals surface area contributed by atoms with Crippen LogP contribution in [0.1, 0.15) is 23.6 Å². The van der Waals surface area contributed by atoms with Gasteiger partial charge in [-0.25, -0.2) is 0 Å². The van der Waals surface area contributed by atoms with Crippen LogP contribution < -0.4 is 0 Å². The summed E-state index contributed by atoms with van der Waals surface area (Å²) in [5, 5.41) is 18.7. The van der Waals surface area contributed by atoms with Crippen molar-refractivity contribution >= 4 is 5.97 Å². The van der Waals surface area contributed by atoms with E-state index in [4.69, 9.17) is 5.26 Å². The van der Waals surface area contributed by atoms with Gasteiger partial charge in [0.2, 0.25) is 0 Å². The molecular formula is C12H13NO3. The van der Waals surface area contributed by atoms with Crippen molar-refractivity contribution in [1.82, 2.24) is 0 Å². The molecule has 1 rings (SSSR count). The molecule has 0 radical (unpaired) electrons. The highest BCUT2D eigenvalue weighted by molar-refractivity contribution is 5.74. The van der Waals surface area contributed by atoms with Gasteiger partial charge in [-0.2, -0.15) is 5.26 Å². The van der Waals surface area contributed by atoms with Crippen LogP contribution in [0, 0.1) is 11.3 Å². The fraction of sp³-hybridized carbons (Fsp3) is 0.333. The second-order valence-corrected chi connectivity index (χ2v) is 3.33. The molecule has 0 aliphatic heterocycles. The summed E-state index contributed by atoms with van der Waals surface area (Å²) in [6.07, 6.45) is 0.635. The number of aromatic hydroxyl groups is 1. The van der Waals surface area contributed by atoms with Crippen molar-refractivity contribution in [2.45, 2.75) is 19.8 Å². The van der Waals surface area contributed by atoms with Gasteiger partial charge in [0.05, 0.1) is 19.1 Å². The molecule has 4 heteroatoms. The standard InChI is InChI=1S/C12H13NO3/c1-3-8-4-5-9(6-11(14)16-2)12(15)10(8)7-13/h4-5,15H,3,6H2,1-2H3. The van der Waals surface area contributed by atoms with Gasteiger partial charge < -0.3 is 9.84 Å². The molecule has 0 saturated carbocycles. The van der Waals surface area contributed by atoms with Crippen LogP contribution in [0.4, 0.5) is 0 Å². The smallest absolute Gasteiger partial charge is 0.310 e. The topological polar surface area (TPSA) is 70.3 Å². The summed E-state index contributed by atoms with van der Waals surface area (Å²) in [5.41, 5.74) is 1.43. The summed E-state index contributed by atoms with van der Waals surface area (Å²) >= 11 is 0. The number of esters is 1. The lowest BCUT2D eigenvalue weighted by Gasteiger charge is -2.08. The lowest BCUT2D eigenvalue weighted by atomic mass is 9.99. The Morgan fingerprint density at radius 1 is 1.50 bits per heavy atom. The third kappa shape index (κ3) is 2.31. The maximum absolute atomic E-state index is 11.1. The average molecular weight is 219 g/mol. The van der Waals surface area contributed by atoms with Crippen molar-refractivity contribution < 1.29 is 14.6 Å². The third-order valence-electron chi connectivity index (χ3n) is 2.40. The van der Waals surface area contributed by atoms with Crippen LogP contribution in [0.15, 0.2) is 12.1 Å². The predicted molar refractivity (Wildman–Crippen MR) is 57.9 cm³/mol. The molecule has 4 nitrogen and oxygen atoms in total.